The molecule has 1 rings (SSSR count). The van der Waals surface area contributed by atoms with E-state index in [1.54, 1.807) is 24.3 Å². The third kappa shape index (κ3) is 2.30. The summed E-state index contributed by atoms with van der Waals surface area (Å²) < 4.78 is 4.81. The third-order valence-corrected chi connectivity index (χ3v) is 1.71. The molecular weight excluding hydrogens is 169 g/mol. The molecule has 0 heterocycles. The van der Waals surface area contributed by atoms with E-state index in [2.05, 4.69) is 0 Å². The van der Waals surface area contributed by atoms with E-state index < -0.39 is 7.12 Å². The van der Waals surface area contributed by atoms with Gasteiger partial charge in [-0.1, -0.05) is 12.1 Å². The van der Waals surface area contributed by atoms with Gasteiger partial charge in [0.2, 0.25) is 0 Å². The van der Waals surface area contributed by atoms with Gasteiger partial charge in [0.15, 0.2) is 0 Å². The van der Waals surface area contributed by atoms with Crippen molar-refractivity contribution in [3.05, 3.63) is 29.8 Å². The minimum atomic E-state index is -1.45. The largest absolute Gasteiger partial charge is 0.488 e. The second-order valence-corrected chi connectivity index (χ2v) is 2.56. The maximum atomic E-state index is 8.80. The minimum absolute atomic E-state index is 0.305. The van der Waals surface area contributed by atoms with Crippen LogP contribution in [-0.4, -0.2) is 30.2 Å². The Labute approximate surface area is 76.4 Å². The summed E-state index contributed by atoms with van der Waals surface area (Å²) in [5.74, 6) is 0.305. The van der Waals surface area contributed by atoms with Crippen LogP contribution in [0.25, 0.3) is 0 Å². The number of nitrogens with two attached hydrogens (primary N) is 1. The first kappa shape index (κ1) is 9.76. The highest BCUT2D eigenvalue weighted by Crippen LogP contribution is 1.96. The molecule has 4 N–H and O–H groups in total. The number of benzene rings is 1. The molecule has 1 aromatic rings. The van der Waals surface area contributed by atoms with E-state index in [-0.39, 0.29) is 0 Å². The molecule has 0 aliphatic rings. The van der Waals surface area contributed by atoms with Crippen molar-refractivity contribution in [3.8, 4) is 0 Å². The zero-order chi connectivity index (χ0) is 9.84. The van der Waals surface area contributed by atoms with Crippen LogP contribution in [0.2, 0.25) is 0 Å². The second kappa shape index (κ2) is 4.07. The van der Waals surface area contributed by atoms with Crippen LogP contribution in [0.4, 0.5) is 0 Å². The van der Waals surface area contributed by atoms with Gasteiger partial charge in [-0.3, -0.25) is 0 Å². The highest BCUT2D eigenvalue weighted by atomic mass is 16.5. The summed E-state index contributed by atoms with van der Waals surface area (Å²) in [6.45, 7) is 0. The van der Waals surface area contributed by atoms with Gasteiger partial charge < -0.3 is 14.8 Å². The van der Waals surface area contributed by atoms with Crippen LogP contribution in [0.5, 0.6) is 0 Å². The third-order valence-electron chi connectivity index (χ3n) is 1.71. The molecule has 0 aromatic heterocycles. The van der Waals surface area contributed by atoms with Gasteiger partial charge in [-0.15, -0.1) is 0 Å². The SMILES string of the molecule is COC(=[NH2+])c1ccc(B(O)O)cc1. The average Bonchev–Trinajstić information content (AvgIpc) is 2.17. The number of rotatable bonds is 2. The van der Waals surface area contributed by atoms with Crippen LogP contribution in [0.1, 0.15) is 5.56 Å². The summed E-state index contributed by atoms with van der Waals surface area (Å²) in [7, 11) is 0.0299. The van der Waals surface area contributed by atoms with Crippen LogP contribution in [0, 0.1) is 0 Å². The van der Waals surface area contributed by atoms with E-state index in [1.165, 1.54) is 7.11 Å². The van der Waals surface area contributed by atoms with Crippen molar-refractivity contribution in [2.24, 2.45) is 0 Å². The Balaban J connectivity index is 2.87. The first-order valence-corrected chi connectivity index (χ1v) is 3.78. The number of ether oxygens (including phenoxy) is 1. The van der Waals surface area contributed by atoms with Gasteiger partial charge in [0.05, 0.1) is 12.7 Å². The van der Waals surface area contributed by atoms with Gasteiger partial charge >= 0.3 is 13.0 Å². The summed E-state index contributed by atoms with van der Waals surface area (Å²) in [5, 5.41) is 23.1. The van der Waals surface area contributed by atoms with Gasteiger partial charge in [-0.05, 0) is 17.6 Å². The quantitative estimate of drug-likeness (QED) is 0.268. The fourth-order valence-corrected chi connectivity index (χ4v) is 0.937. The van der Waals surface area contributed by atoms with Crippen molar-refractivity contribution < 1.29 is 20.2 Å². The van der Waals surface area contributed by atoms with Gasteiger partial charge in [-0.2, -0.15) is 0 Å². The summed E-state index contributed by atoms with van der Waals surface area (Å²) in [6, 6.07) is 6.47. The molecule has 0 bridgehead atoms. The van der Waals surface area contributed by atoms with Crippen molar-refractivity contribution >= 4 is 18.5 Å². The fourth-order valence-electron chi connectivity index (χ4n) is 0.937. The Kier molecular flexibility index (Phi) is 3.05. The molecule has 13 heavy (non-hydrogen) atoms. The molecule has 1 aromatic carbocycles. The Bertz CT molecular complexity index is 297. The number of hydrogen-bond donors (Lipinski definition) is 3. The van der Waals surface area contributed by atoms with Crippen LogP contribution in [0.15, 0.2) is 24.3 Å². The summed E-state index contributed by atoms with van der Waals surface area (Å²) in [4.78, 5) is 0. The lowest BCUT2D eigenvalue weighted by molar-refractivity contribution is -0.135. The lowest BCUT2D eigenvalue weighted by Crippen LogP contribution is -2.41. The first-order chi connectivity index (χ1) is 6.15. The molecule has 0 saturated heterocycles. The molecule has 0 unspecified atom stereocenters. The van der Waals surface area contributed by atoms with Crippen LogP contribution in [0.3, 0.4) is 0 Å². The van der Waals surface area contributed by atoms with E-state index in [0.29, 0.717) is 16.9 Å². The van der Waals surface area contributed by atoms with E-state index >= 15 is 0 Å². The molecule has 0 spiro atoms. The maximum absolute atomic E-state index is 8.80. The molecule has 0 amide bonds. The smallest absolute Gasteiger partial charge is 0.448 e. The number of methoxy groups -OCH3 is 1. The molecule has 5 heteroatoms. The Hall–Kier alpha value is -1.33. The zero-order valence-electron chi connectivity index (χ0n) is 7.27. The lowest BCUT2D eigenvalue weighted by atomic mass is 9.80. The molecule has 0 atom stereocenters. The minimum Gasteiger partial charge on any atom is -0.448 e. The second-order valence-electron chi connectivity index (χ2n) is 2.56. The first-order valence-electron chi connectivity index (χ1n) is 3.78. The van der Waals surface area contributed by atoms with E-state index in [4.69, 9.17) is 20.2 Å². The zero-order valence-corrected chi connectivity index (χ0v) is 7.27. The lowest BCUT2D eigenvalue weighted by Gasteiger charge is -2.00. The van der Waals surface area contributed by atoms with Crippen molar-refractivity contribution in [1.29, 1.82) is 0 Å². The van der Waals surface area contributed by atoms with Gasteiger partial charge in [-0.25, -0.2) is 5.41 Å². The fraction of sp³-hybridized carbons (Fsp3) is 0.125. The molecule has 0 aliphatic heterocycles. The summed E-state index contributed by atoms with van der Waals surface area (Å²) in [6.07, 6.45) is 0. The Morgan fingerprint density at radius 2 is 1.85 bits per heavy atom. The number of hydrogen-bond acceptors (Lipinski definition) is 3. The summed E-state index contributed by atoms with van der Waals surface area (Å²) in [5.41, 5.74) is 1.14. The Morgan fingerprint density at radius 3 is 2.23 bits per heavy atom. The van der Waals surface area contributed by atoms with Crippen molar-refractivity contribution in [2.75, 3.05) is 7.11 Å². The predicted octanol–water partition coefficient (Wildman–Crippen LogP) is -2.48. The predicted molar refractivity (Wildman–Crippen MR) is 49.3 cm³/mol. The van der Waals surface area contributed by atoms with E-state index in [9.17, 15) is 0 Å². The average molecular weight is 180 g/mol. The summed E-state index contributed by atoms with van der Waals surface area (Å²) >= 11 is 0. The molecular formula is C8H11BNO3+. The van der Waals surface area contributed by atoms with Gasteiger partial charge in [0, 0.05) is 0 Å². The standard InChI is InChI=1S/C8H10BNO3/c1-13-8(10)6-2-4-7(5-3-6)9(11)12/h2-5,10-12H,1H3/p+1. The van der Waals surface area contributed by atoms with Crippen molar-refractivity contribution in [3.63, 3.8) is 0 Å². The van der Waals surface area contributed by atoms with Crippen molar-refractivity contribution in [1.82, 2.24) is 0 Å². The molecule has 0 radical (unpaired) electrons. The topological polar surface area (TPSA) is 75.3 Å². The molecule has 0 fully saturated rings. The van der Waals surface area contributed by atoms with Gasteiger partial charge in [0.1, 0.15) is 0 Å². The van der Waals surface area contributed by atoms with E-state index in [0.717, 1.165) is 0 Å². The molecule has 4 nitrogen and oxygen atoms in total. The van der Waals surface area contributed by atoms with Gasteiger partial charge in [0.25, 0.3) is 0 Å². The molecule has 0 aliphatic carbocycles. The van der Waals surface area contributed by atoms with Crippen LogP contribution in [-0.2, 0) is 4.74 Å². The van der Waals surface area contributed by atoms with E-state index in [1.807, 2.05) is 0 Å². The Morgan fingerprint density at radius 1 is 1.31 bits per heavy atom. The monoisotopic (exact) mass is 180 g/mol. The molecule has 68 valence electrons. The molecule has 0 saturated carbocycles. The highest BCUT2D eigenvalue weighted by molar-refractivity contribution is 6.58. The highest BCUT2D eigenvalue weighted by Gasteiger charge is 2.12. The van der Waals surface area contributed by atoms with Crippen LogP contribution >= 0.6 is 0 Å². The van der Waals surface area contributed by atoms with Crippen LogP contribution < -0.4 is 10.9 Å². The normalized spacial score (nSPS) is 9.46. The maximum Gasteiger partial charge on any atom is 0.488 e. The van der Waals surface area contributed by atoms with Crippen molar-refractivity contribution in [2.45, 2.75) is 0 Å².